The first-order valence-corrected chi connectivity index (χ1v) is 4.14. The van der Waals surface area contributed by atoms with Crippen molar-refractivity contribution in [2.24, 2.45) is 0 Å². The maximum atomic E-state index is 12.0. The Hall–Kier alpha value is -2.05. The maximum Gasteiger partial charge on any atom is 0.387 e. The molecular formula is C9H7F2NO4. The Balaban J connectivity index is 3.35. The largest absolute Gasteiger partial charge is 0.434 e. The Morgan fingerprint density at radius 2 is 2.12 bits per heavy atom. The van der Waals surface area contributed by atoms with E-state index >= 15 is 0 Å². The quantitative estimate of drug-likeness (QED) is 0.453. The zero-order valence-electron chi connectivity index (χ0n) is 8.15. The molecule has 1 rings (SSSR count). The zero-order chi connectivity index (χ0) is 12.3. The Morgan fingerprint density at radius 1 is 1.50 bits per heavy atom. The Labute approximate surface area is 88.8 Å². The molecule has 1 aromatic rings. The van der Waals surface area contributed by atoms with E-state index in [2.05, 4.69) is 4.74 Å². The molecule has 1 aromatic carbocycles. The highest BCUT2D eigenvalue weighted by molar-refractivity contribution is 5.86. The van der Waals surface area contributed by atoms with Crippen molar-refractivity contribution < 1.29 is 23.2 Å². The summed E-state index contributed by atoms with van der Waals surface area (Å²) in [6, 6.07) is 2.25. The van der Waals surface area contributed by atoms with Crippen LogP contribution in [0.2, 0.25) is 0 Å². The highest BCUT2D eigenvalue weighted by Gasteiger charge is 2.21. The van der Waals surface area contributed by atoms with E-state index in [1.165, 1.54) is 6.92 Å². The fourth-order valence-electron chi connectivity index (χ4n) is 1.21. The Morgan fingerprint density at radius 3 is 2.56 bits per heavy atom. The number of ether oxygens (including phenoxy) is 1. The van der Waals surface area contributed by atoms with Gasteiger partial charge in [-0.25, -0.2) is 0 Å². The number of nitrogens with zero attached hydrogens (tertiary/aromatic N) is 1. The number of alkyl halides is 2. The molecule has 0 N–H and O–H groups in total. The molecule has 0 heterocycles. The van der Waals surface area contributed by atoms with Gasteiger partial charge >= 0.3 is 6.61 Å². The first kappa shape index (κ1) is 12.0. The molecule has 0 atom stereocenters. The minimum Gasteiger partial charge on any atom is -0.434 e. The number of hydrogen-bond donors (Lipinski definition) is 0. The number of halogens is 2. The number of hydrogen-bond acceptors (Lipinski definition) is 4. The predicted molar refractivity (Wildman–Crippen MR) is 49.9 cm³/mol. The third-order valence-corrected chi connectivity index (χ3v) is 1.80. The lowest BCUT2D eigenvalue weighted by atomic mass is 10.1. The molecule has 0 aromatic heterocycles. The van der Waals surface area contributed by atoms with Gasteiger partial charge in [0.25, 0.3) is 5.69 Å². The topological polar surface area (TPSA) is 69.4 Å². The van der Waals surface area contributed by atoms with Gasteiger partial charge in [0.05, 0.1) is 4.92 Å². The third-order valence-electron chi connectivity index (χ3n) is 1.80. The molecule has 0 bridgehead atoms. The molecule has 0 saturated carbocycles. The Kier molecular flexibility index (Phi) is 3.49. The summed E-state index contributed by atoms with van der Waals surface area (Å²) in [6.45, 7) is -1.67. The molecule has 0 aliphatic carbocycles. The first-order chi connectivity index (χ1) is 7.45. The van der Waals surface area contributed by atoms with Crippen LogP contribution in [0.15, 0.2) is 12.1 Å². The van der Waals surface area contributed by atoms with Crippen molar-refractivity contribution in [3.8, 4) is 5.75 Å². The molecular weight excluding hydrogens is 224 g/mol. The van der Waals surface area contributed by atoms with Gasteiger partial charge in [-0.1, -0.05) is 0 Å². The van der Waals surface area contributed by atoms with E-state index in [1.807, 2.05) is 0 Å². The fourth-order valence-corrected chi connectivity index (χ4v) is 1.21. The minimum absolute atomic E-state index is 0.120. The van der Waals surface area contributed by atoms with Crippen LogP contribution in [0.5, 0.6) is 5.75 Å². The Bertz CT molecular complexity index is 434. The van der Waals surface area contributed by atoms with Gasteiger partial charge in [0.15, 0.2) is 6.29 Å². The second kappa shape index (κ2) is 4.65. The number of carbonyl (C=O) groups excluding carboxylic acids is 1. The number of nitro benzene ring substituents is 1. The lowest BCUT2D eigenvalue weighted by Crippen LogP contribution is -2.06. The molecule has 0 fully saturated rings. The number of aldehydes is 1. The average molecular weight is 231 g/mol. The van der Waals surface area contributed by atoms with Crippen molar-refractivity contribution in [1.82, 2.24) is 0 Å². The van der Waals surface area contributed by atoms with E-state index in [1.54, 1.807) is 0 Å². The van der Waals surface area contributed by atoms with E-state index in [-0.39, 0.29) is 6.29 Å². The second-order valence-electron chi connectivity index (χ2n) is 2.95. The minimum atomic E-state index is -3.14. The van der Waals surface area contributed by atoms with Crippen LogP contribution < -0.4 is 4.74 Å². The standard InChI is InChI=1S/C9H7F2NO4/c1-5-2-7(12(14)15)6(4-13)8(3-5)16-9(10)11/h2-4,9H,1H3. The second-order valence-corrected chi connectivity index (χ2v) is 2.95. The van der Waals surface area contributed by atoms with Crippen LogP contribution >= 0.6 is 0 Å². The van der Waals surface area contributed by atoms with Crippen molar-refractivity contribution in [3.63, 3.8) is 0 Å². The predicted octanol–water partition coefficient (Wildman–Crippen LogP) is 2.32. The normalized spacial score (nSPS) is 10.2. The van der Waals surface area contributed by atoms with E-state index < -0.39 is 28.5 Å². The molecule has 0 amide bonds. The monoisotopic (exact) mass is 231 g/mol. The summed E-state index contributed by atoms with van der Waals surface area (Å²) in [4.78, 5) is 20.4. The summed E-state index contributed by atoms with van der Waals surface area (Å²) in [5.74, 6) is -0.489. The van der Waals surface area contributed by atoms with Gasteiger partial charge in [-0.05, 0) is 18.6 Å². The first-order valence-electron chi connectivity index (χ1n) is 4.14. The molecule has 0 aliphatic heterocycles. The molecule has 5 nitrogen and oxygen atoms in total. The number of rotatable bonds is 4. The summed E-state index contributed by atoms with van der Waals surface area (Å²) in [5, 5.41) is 10.6. The molecule has 0 radical (unpaired) electrons. The van der Waals surface area contributed by atoms with Crippen molar-refractivity contribution in [3.05, 3.63) is 33.4 Å². The number of aryl methyl sites for hydroxylation is 1. The van der Waals surface area contributed by atoms with Gasteiger partial charge in [-0.3, -0.25) is 14.9 Å². The summed E-state index contributed by atoms with van der Waals surface area (Å²) in [5.41, 5.74) is -0.686. The van der Waals surface area contributed by atoms with Crippen LogP contribution in [0.3, 0.4) is 0 Å². The SMILES string of the molecule is Cc1cc(OC(F)F)c(C=O)c([N+](=O)[O-])c1. The van der Waals surface area contributed by atoms with Crippen LogP contribution in [0, 0.1) is 17.0 Å². The molecule has 86 valence electrons. The van der Waals surface area contributed by atoms with Crippen LogP contribution in [0.4, 0.5) is 14.5 Å². The van der Waals surface area contributed by atoms with Crippen LogP contribution in [-0.4, -0.2) is 17.8 Å². The maximum absolute atomic E-state index is 12.0. The van der Waals surface area contributed by atoms with Crippen molar-refractivity contribution in [2.75, 3.05) is 0 Å². The van der Waals surface area contributed by atoms with E-state index in [0.717, 1.165) is 12.1 Å². The van der Waals surface area contributed by atoms with Crippen molar-refractivity contribution >= 4 is 12.0 Å². The smallest absolute Gasteiger partial charge is 0.387 e. The van der Waals surface area contributed by atoms with Crippen LogP contribution in [0.1, 0.15) is 15.9 Å². The molecule has 0 spiro atoms. The average Bonchev–Trinajstić information content (AvgIpc) is 2.15. The van der Waals surface area contributed by atoms with Gasteiger partial charge in [0, 0.05) is 6.07 Å². The van der Waals surface area contributed by atoms with E-state index in [0.29, 0.717) is 5.56 Å². The lowest BCUT2D eigenvalue weighted by Gasteiger charge is -2.08. The molecule has 0 aliphatic rings. The summed E-state index contributed by atoms with van der Waals surface area (Å²) >= 11 is 0. The lowest BCUT2D eigenvalue weighted by molar-refractivity contribution is -0.385. The van der Waals surface area contributed by atoms with Crippen molar-refractivity contribution in [2.45, 2.75) is 13.5 Å². The highest BCUT2D eigenvalue weighted by atomic mass is 19.3. The number of carbonyl (C=O) groups is 1. The van der Waals surface area contributed by atoms with Gasteiger partial charge in [-0.15, -0.1) is 0 Å². The summed E-state index contributed by atoms with van der Waals surface area (Å²) in [7, 11) is 0. The summed E-state index contributed by atoms with van der Waals surface area (Å²) < 4.78 is 28.0. The van der Waals surface area contributed by atoms with E-state index in [4.69, 9.17) is 0 Å². The van der Waals surface area contributed by atoms with Crippen LogP contribution in [-0.2, 0) is 0 Å². The number of nitro groups is 1. The summed E-state index contributed by atoms with van der Waals surface area (Å²) in [6.07, 6.45) is 0.120. The van der Waals surface area contributed by atoms with E-state index in [9.17, 15) is 23.7 Å². The fraction of sp³-hybridized carbons (Fsp3) is 0.222. The molecule has 0 unspecified atom stereocenters. The zero-order valence-corrected chi connectivity index (χ0v) is 8.15. The molecule has 16 heavy (non-hydrogen) atoms. The van der Waals surface area contributed by atoms with Gasteiger partial charge in [0.1, 0.15) is 11.3 Å². The van der Waals surface area contributed by atoms with Gasteiger partial charge in [-0.2, -0.15) is 8.78 Å². The molecule has 0 saturated heterocycles. The molecule has 7 heteroatoms. The number of benzene rings is 1. The van der Waals surface area contributed by atoms with Gasteiger partial charge in [0.2, 0.25) is 0 Å². The van der Waals surface area contributed by atoms with Crippen molar-refractivity contribution in [1.29, 1.82) is 0 Å². The van der Waals surface area contributed by atoms with Gasteiger partial charge < -0.3 is 4.74 Å². The highest BCUT2D eigenvalue weighted by Crippen LogP contribution is 2.29. The van der Waals surface area contributed by atoms with Crippen LogP contribution in [0.25, 0.3) is 0 Å². The third kappa shape index (κ3) is 2.50.